The van der Waals surface area contributed by atoms with E-state index in [4.69, 9.17) is 0 Å². The van der Waals surface area contributed by atoms with Gasteiger partial charge >= 0.3 is 0 Å². The average Bonchev–Trinajstić information content (AvgIpc) is 2.95. The lowest BCUT2D eigenvalue weighted by molar-refractivity contribution is -0.124. The van der Waals surface area contributed by atoms with Crippen LogP contribution in [0.5, 0.6) is 0 Å². The molecule has 0 saturated carbocycles. The zero-order valence-electron chi connectivity index (χ0n) is 13.5. The highest BCUT2D eigenvalue weighted by molar-refractivity contribution is 6.03. The Bertz CT molecular complexity index is 758. The fourth-order valence-corrected chi connectivity index (χ4v) is 2.99. The van der Waals surface area contributed by atoms with Crippen molar-refractivity contribution < 1.29 is 14.0 Å². The molecule has 4 nitrogen and oxygen atoms in total. The molecular weight excluding hydrogens is 307 g/mol. The predicted octanol–water partition coefficient (Wildman–Crippen LogP) is 2.95. The van der Waals surface area contributed by atoms with Gasteiger partial charge in [0.25, 0.3) is 0 Å². The second-order valence-corrected chi connectivity index (χ2v) is 6.00. The van der Waals surface area contributed by atoms with Crippen LogP contribution in [0.25, 0.3) is 0 Å². The number of rotatable bonds is 4. The van der Waals surface area contributed by atoms with Crippen LogP contribution in [0.4, 0.5) is 10.1 Å². The molecule has 0 aliphatic carbocycles. The summed E-state index contributed by atoms with van der Waals surface area (Å²) in [4.78, 5) is 26.1. The van der Waals surface area contributed by atoms with Crippen LogP contribution in [0.3, 0.4) is 0 Å². The smallest absolute Gasteiger partial charge is 0.243 e. The van der Waals surface area contributed by atoms with E-state index in [1.807, 2.05) is 31.2 Å². The van der Waals surface area contributed by atoms with Crippen molar-refractivity contribution in [3.8, 4) is 0 Å². The molecule has 1 aliphatic rings. The number of halogens is 1. The molecule has 2 aromatic carbocycles. The second-order valence-electron chi connectivity index (χ2n) is 6.00. The number of amides is 2. The Balaban J connectivity index is 1.71. The maximum Gasteiger partial charge on any atom is 0.243 e. The van der Waals surface area contributed by atoms with Crippen LogP contribution in [0, 0.1) is 12.7 Å². The summed E-state index contributed by atoms with van der Waals surface area (Å²) >= 11 is 0. The summed E-state index contributed by atoms with van der Waals surface area (Å²) in [6, 6.07) is 13.0. The standard InChI is InChI=1S/C19H19FN2O2/c1-13-3-2-4-14(11-13)12-21-19(24)17-9-10-18(23)22(17)16-7-5-15(20)6-8-16/h2-8,11,17H,9-10,12H2,1H3,(H,21,24). The van der Waals surface area contributed by atoms with Crippen molar-refractivity contribution in [2.24, 2.45) is 0 Å². The Morgan fingerprint density at radius 1 is 1.25 bits per heavy atom. The first-order valence-corrected chi connectivity index (χ1v) is 7.95. The lowest BCUT2D eigenvalue weighted by atomic mass is 10.1. The van der Waals surface area contributed by atoms with Crippen LogP contribution >= 0.6 is 0 Å². The molecule has 3 rings (SSSR count). The van der Waals surface area contributed by atoms with Crippen molar-refractivity contribution in [2.45, 2.75) is 32.4 Å². The van der Waals surface area contributed by atoms with E-state index in [0.717, 1.165) is 11.1 Å². The molecule has 1 atom stereocenters. The van der Waals surface area contributed by atoms with Gasteiger partial charge in [-0.05, 0) is 43.2 Å². The highest BCUT2D eigenvalue weighted by Gasteiger charge is 2.36. The lowest BCUT2D eigenvalue weighted by Crippen LogP contribution is -2.44. The summed E-state index contributed by atoms with van der Waals surface area (Å²) in [5, 5.41) is 2.89. The fraction of sp³-hybridized carbons (Fsp3) is 0.263. The first-order valence-electron chi connectivity index (χ1n) is 7.95. The van der Waals surface area contributed by atoms with E-state index in [1.165, 1.54) is 29.2 Å². The van der Waals surface area contributed by atoms with Crippen LogP contribution in [-0.4, -0.2) is 17.9 Å². The molecule has 1 unspecified atom stereocenters. The van der Waals surface area contributed by atoms with Gasteiger partial charge in [-0.1, -0.05) is 29.8 Å². The van der Waals surface area contributed by atoms with Gasteiger partial charge in [0, 0.05) is 18.7 Å². The number of aryl methyl sites for hydroxylation is 1. The van der Waals surface area contributed by atoms with Crippen LogP contribution < -0.4 is 10.2 Å². The van der Waals surface area contributed by atoms with Gasteiger partial charge in [-0.3, -0.25) is 14.5 Å². The third kappa shape index (κ3) is 3.45. The minimum absolute atomic E-state index is 0.114. The van der Waals surface area contributed by atoms with Gasteiger partial charge in [0.15, 0.2) is 0 Å². The van der Waals surface area contributed by atoms with Gasteiger partial charge in [0.2, 0.25) is 11.8 Å². The molecular formula is C19H19FN2O2. The molecule has 1 N–H and O–H groups in total. The number of anilines is 1. The van der Waals surface area contributed by atoms with Crippen LogP contribution in [0.1, 0.15) is 24.0 Å². The second kappa shape index (κ2) is 6.83. The largest absolute Gasteiger partial charge is 0.350 e. The molecule has 0 spiro atoms. The van der Waals surface area contributed by atoms with Gasteiger partial charge in [-0.2, -0.15) is 0 Å². The van der Waals surface area contributed by atoms with E-state index in [-0.39, 0.29) is 17.6 Å². The summed E-state index contributed by atoms with van der Waals surface area (Å²) in [5.74, 6) is -0.671. The number of benzene rings is 2. The lowest BCUT2D eigenvalue weighted by Gasteiger charge is -2.24. The Hall–Kier alpha value is -2.69. The molecule has 1 heterocycles. The first kappa shape index (κ1) is 16.2. The molecule has 0 bridgehead atoms. The number of hydrogen-bond donors (Lipinski definition) is 1. The Kier molecular flexibility index (Phi) is 4.60. The monoisotopic (exact) mass is 326 g/mol. The van der Waals surface area contributed by atoms with Crippen molar-refractivity contribution in [3.05, 3.63) is 65.5 Å². The van der Waals surface area contributed by atoms with Crippen molar-refractivity contribution in [2.75, 3.05) is 4.90 Å². The summed E-state index contributed by atoms with van der Waals surface area (Å²) < 4.78 is 13.1. The average molecular weight is 326 g/mol. The molecule has 1 saturated heterocycles. The molecule has 124 valence electrons. The minimum atomic E-state index is -0.548. The van der Waals surface area contributed by atoms with Crippen molar-refractivity contribution in [1.29, 1.82) is 0 Å². The quantitative estimate of drug-likeness (QED) is 0.939. The zero-order chi connectivity index (χ0) is 17.1. The highest BCUT2D eigenvalue weighted by Crippen LogP contribution is 2.27. The topological polar surface area (TPSA) is 49.4 Å². The molecule has 2 amide bonds. The van der Waals surface area contributed by atoms with Gasteiger partial charge in [0.05, 0.1) is 0 Å². The minimum Gasteiger partial charge on any atom is -0.350 e. The molecule has 1 fully saturated rings. The van der Waals surface area contributed by atoms with E-state index in [0.29, 0.717) is 25.1 Å². The van der Waals surface area contributed by atoms with Gasteiger partial charge in [0.1, 0.15) is 11.9 Å². The van der Waals surface area contributed by atoms with E-state index in [2.05, 4.69) is 5.32 Å². The van der Waals surface area contributed by atoms with Gasteiger partial charge in [-0.25, -0.2) is 4.39 Å². The third-order valence-corrected chi connectivity index (χ3v) is 4.17. The van der Waals surface area contributed by atoms with Crippen LogP contribution in [0.15, 0.2) is 48.5 Å². The van der Waals surface area contributed by atoms with Gasteiger partial charge < -0.3 is 5.32 Å². The summed E-state index contributed by atoms with van der Waals surface area (Å²) in [6.45, 7) is 2.42. The van der Waals surface area contributed by atoms with Crippen molar-refractivity contribution in [3.63, 3.8) is 0 Å². The third-order valence-electron chi connectivity index (χ3n) is 4.17. The predicted molar refractivity (Wildman–Crippen MR) is 89.9 cm³/mol. The summed E-state index contributed by atoms with van der Waals surface area (Å²) in [5.41, 5.74) is 2.70. The summed E-state index contributed by atoms with van der Waals surface area (Å²) in [7, 11) is 0. The number of carbonyl (C=O) groups excluding carboxylic acids is 2. The molecule has 24 heavy (non-hydrogen) atoms. The molecule has 5 heteroatoms. The molecule has 0 aromatic heterocycles. The number of nitrogens with zero attached hydrogens (tertiary/aromatic N) is 1. The molecule has 0 radical (unpaired) electrons. The van der Waals surface area contributed by atoms with E-state index in [1.54, 1.807) is 0 Å². The first-order chi connectivity index (χ1) is 11.5. The summed E-state index contributed by atoms with van der Waals surface area (Å²) in [6.07, 6.45) is 0.787. The Morgan fingerprint density at radius 3 is 2.71 bits per heavy atom. The normalized spacial score (nSPS) is 17.2. The van der Waals surface area contributed by atoms with E-state index >= 15 is 0 Å². The van der Waals surface area contributed by atoms with Crippen molar-refractivity contribution >= 4 is 17.5 Å². The number of carbonyl (C=O) groups is 2. The van der Waals surface area contributed by atoms with Crippen LogP contribution in [0.2, 0.25) is 0 Å². The van der Waals surface area contributed by atoms with Crippen molar-refractivity contribution in [1.82, 2.24) is 5.32 Å². The maximum absolute atomic E-state index is 13.1. The van der Waals surface area contributed by atoms with Crippen LogP contribution in [-0.2, 0) is 16.1 Å². The molecule has 2 aromatic rings. The number of hydrogen-bond acceptors (Lipinski definition) is 2. The van der Waals surface area contributed by atoms with Gasteiger partial charge in [-0.15, -0.1) is 0 Å². The molecule has 1 aliphatic heterocycles. The SMILES string of the molecule is Cc1cccc(CNC(=O)C2CCC(=O)N2c2ccc(F)cc2)c1. The van der Waals surface area contributed by atoms with E-state index in [9.17, 15) is 14.0 Å². The fourth-order valence-electron chi connectivity index (χ4n) is 2.99. The number of nitrogens with one attached hydrogen (secondary N) is 1. The maximum atomic E-state index is 13.1. The van der Waals surface area contributed by atoms with E-state index < -0.39 is 6.04 Å². The Morgan fingerprint density at radius 2 is 2.00 bits per heavy atom. The Labute approximate surface area is 140 Å². The highest BCUT2D eigenvalue weighted by atomic mass is 19.1. The zero-order valence-corrected chi connectivity index (χ0v) is 13.5.